The Morgan fingerprint density at radius 2 is 1.23 bits per heavy atom. The largest absolute Gasteiger partial charge is 1.00 e. The standard InChI is InChI=1S/C8H4F6O5S2.Li/c9-4-2-1-3-5(10)6(4)20(15,16)7(11,12)8(13,14)21(17,18)19;/h1-3H,(H,17,18,19);/q;+1/p-1. The molecule has 0 saturated heterocycles. The van der Waals surface area contributed by atoms with Crippen molar-refractivity contribution >= 4 is 20.0 Å². The van der Waals surface area contributed by atoms with E-state index in [0.29, 0.717) is 6.07 Å². The summed E-state index contributed by atoms with van der Waals surface area (Å²) >= 11 is 0. The molecule has 120 valence electrons. The maximum Gasteiger partial charge on any atom is 1.00 e. The van der Waals surface area contributed by atoms with Gasteiger partial charge in [-0.15, -0.1) is 0 Å². The monoisotopic (exact) mass is 364 g/mol. The number of sulfone groups is 1. The first-order valence-electron chi connectivity index (χ1n) is 4.57. The van der Waals surface area contributed by atoms with Crippen molar-refractivity contribution in [3.8, 4) is 0 Å². The second-order valence-corrected chi connectivity index (χ2v) is 6.89. The van der Waals surface area contributed by atoms with E-state index >= 15 is 0 Å². The molecule has 1 rings (SSSR count). The molecule has 0 unspecified atom stereocenters. The second-order valence-electron chi connectivity index (χ2n) is 3.54. The molecule has 0 atom stereocenters. The minimum Gasteiger partial charge on any atom is -0.743 e. The zero-order valence-electron chi connectivity index (χ0n) is 10.4. The second kappa shape index (κ2) is 6.04. The Morgan fingerprint density at radius 3 is 1.55 bits per heavy atom. The van der Waals surface area contributed by atoms with Crippen LogP contribution in [0.3, 0.4) is 0 Å². The minimum absolute atomic E-state index is 0. The van der Waals surface area contributed by atoms with Crippen LogP contribution < -0.4 is 18.9 Å². The summed E-state index contributed by atoms with van der Waals surface area (Å²) in [5.74, 6) is -4.32. The van der Waals surface area contributed by atoms with Gasteiger partial charge in [0, 0.05) is 0 Å². The van der Waals surface area contributed by atoms with E-state index in [9.17, 15) is 47.7 Å². The van der Waals surface area contributed by atoms with Crippen molar-refractivity contribution in [3.05, 3.63) is 29.8 Å². The predicted molar refractivity (Wildman–Crippen MR) is 53.1 cm³/mol. The van der Waals surface area contributed by atoms with Crippen molar-refractivity contribution in [1.29, 1.82) is 0 Å². The Labute approximate surface area is 132 Å². The molecule has 0 radical (unpaired) electrons. The summed E-state index contributed by atoms with van der Waals surface area (Å²) in [6, 6.07) is 0.871. The van der Waals surface area contributed by atoms with Gasteiger partial charge in [-0.05, 0) is 12.1 Å². The van der Waals surface area contributed by atoms with Gasteiger partial charge in [0.2, 0.25) is 0 Å². The minimum atomic E-state index is -7.13. The molecule has 5 nitrogen and oxygen atoms in total. The summed E-state index contributed by atoms with van der Waals surface area (Å²) < 4.78 is 131. The SMILES string of the molecule is O=S(=O)([O-])C(F)(F)C(F)(F)S(=O)(=O)c1c(F)cccc1F.[Li+]. The van der Waals surface area contributed by atoms with Crippen molar-refractivity contribution in [1.82, 2.24) is 0 Å². The summed E-state index contributed by atoms with van der Waals surface area (Å²) in [5, 5.41) is -13.2. The molecule has 0 amide bonds. The first-order valence-corrected chi connectivity index (χ1v) is 7.47. The molecule has 0 aliphatic carbocycles. The van der Waals surface area contributed by atoms with Crippen LogP contribution in [0.5, 0.6) is 0 Å². The third kappa shape index (κ3) is 3.00. The van der Waals surface area contributed by atoms with Crippen molar-refractivity contribution < 1.29 is 66.6 Å². The van der Waals surface area contributed by atoms with E-state index in [2.05, 4.69) is 0 Å². The van der Waals surface area contributed by atoms with E-state index in [1.54, 1.807) is 0 Å². The van der Waals surface area contributed by atoms with Gasteiger partial charge >= 0.3 is 29.4 Å². The van der Waals surface area contributed by atoms with E-state index in [4.69, 9.17) is 0 Å². The third-order valence-electron chi connectivity index (χ3n) is 2.18. The van der Waals surface area contributed by atoms with Crippen LogP contribution in [0.2, 0.25) is 0 Å². The maximum absolute atomic E-state index is 13.3. The van der Waals surface area contributed by atoms with Crippen molar-refractivity contribution in [2.24, 2.45) is 0 Å². The van der Waals surface area contributed by atoms with E-state index < -0.39 is 47.0 Å². The fourth-order valence-corrected chi connectivity index (χ4v) is 3.31. The summed E-state index contributed by atoms with van der Waals surface area (Å²) in [4.78, 5) is -2.47. The molecule has 0 N–H and O–H groups in total. The average molecular weight is 364 g/mol. The number of hydrogen-bond acceptors (Lipinski definition) is 5. The van der Waals surface area contributed by atoms with E-state index in [-0.39, 0.29) is 31.0 Å². The van der Waals surface area contributed by atoms with Gasteiger partial charge in [-0.25, -0.2) is 25.6 Å². The summed E-state index contributed by atoms with van der Waals surface area (Å²) in [6.07, 6.45) is 0. The van der Waals surface area contributed by atoms with Crippen molar-refractivity contribution in [2.45, 2.75) is 15.4 Å². The number of rotatable bonds is 4. The fraction of sp³-hybridized carbons (Fsp3) is 0.250. The van der Waals surface area contributed by atoms with Gasteiger partial charge in [-0.1, -0.05) is 6.07 Å². The molecule has 1 aromatic carbocycles. The summed E-state index contributed by atoms with van der Waals surface area (Å²) in [7, 11) is -14.0. The van der Waals surface area contributed by atoms with Crippen LogP contribution in [0.25, 0.3) is 0 Å². The quantitative estimate of drug-likeness (QED) is 0.368. The molecule has 1 aromatic rings. The first kappa shape index (κ1) is 21.3. The Bertz CT molecular complexity index is 756. The average Bonchev–Trinajstić information content (AvgIpc) is 2.26. The zero-order chi connectivity index (χ0) is 16.9. The normalized spacial score (nSPS) is 13.6. The van der Waals surface area contributed by atoms with Crippen LogP contribution in [0.4, 0.5) is 26.3 Å². The first-order chi connectivity index (χ1) is 9.18. The number of benzene rings is 1. The molecule has 0 aromatic heterocycles. The van der Waals surface area contributed by atoms with Crippen LogP contribution in [-0.4, -0.2) is 31.9 Å². The van der Waals surface area contributed by atoms with Gasteiger partial charge in [0.1, 0.15) is 16.5 Å². The topological polar surface area (TPSA) is 91.3 Å². The summed E-state index contributed by atoms with van der Waals surface area (Å²) in [5.41, 5.74) is 0. The van der Waals surface area contributed by atoms with Gasteiger partial charge in [0.05, 0.1) is 0 Å². The van der Waals surface area contributed by atoms with Gasteiger partial charge < -0.3 is 4.55 Å². The fourth-order valence-electron chi connectivity index (χ4n) is 1.17. The molecule has 0 bridgehead atoms. The van der Waals surface area contributed by atoms with E-state index in [1.807, 2.05) is 0 Å². The van der Waals surface area contributed by atoms with Crippen LogP contribution in [0.1, 0.15) is 0 Å². The van der Waals surface area contributed by atoms with Gasteiger partial charge in [0.25, 0.3) is 9.84 Å². The smallest absolute Gasteiger partial charge is 0.743 e. The maximum atomic E-state index is 13.3. The summed E-state index contributed by atoms with van der Waals surface area (Å²) in [6.45, 7) is 0. The third-order valence-corrected chi connectivity index (χ3v) is 5.05. The van der Waals surface area contributed by atoms with Crippen molar-refractivity contribution in [2.75, 3.05) is 0 Å². The number of halogens is 6. The molecule has 0 aliphatic rings. The Kier molecular flexibility index (Phi) is 5.84. The van der Waals surface area contributed by atoms with Crippen LogP contribution in [0, 0.1) is 11.6 Å². The van der Waals surface area contributed by atoms with Crippen LogP contribution >= 0.6 is 0 Å². The Morgan fingerprint density at radius 1 is 0.864 bits per heavy atom. The molecule has 0 spiro atoms. The Hall–Kier alpha value is -0.743. The van der Waals surface area contributed by atoms with Gasteiger partial charge in [0.15, 0.2) is 10.1 Å². The van der Waals surface area contributed by atoms with Crippen LogP contribution in [-0.2, 0) is 20.0 Å². The van der Waals surface area contributed by atoms with Crippen LogP contribution in [0.15, 0.2) is 23.1 Å². The molecule has 0 heterocycles. The Balaban J connectivity index is 0.00000441. The molecular weight excluding hydrogens is 361 g/mol. The van der Waals surface area contributed by atoms with Gasteiger partial charge in [-0.2, -0.15) is 17.6 Å². The molecular formula is C8H3F6LiO5S2. The van der Waals surface area contributed by atoms with E-state index in [0.717, 1.165) is 0 Å². The number of alkyl halides is 4. The number of hydrogen-bond donors (Lipinski definition) is 0. The van der Waals surface area contributed by atoms with Crippen molar-refractivity contribution in [3.63, 3.8) is 0 Å². The predicted octanol–water partition coefficient (Wildman–Crippen LogP) is -1.53. The molecule has 14 heteroatoms. The molecule has 22 heavy (non-hydrogen) atoms. The van der Waals surface area contributed by atoms with Gasteiger partial charge in [-0.3, -0.25) is 0 Å². The molecule has 0 aliphatic heterocycles. The van der Waals surface area contributed by atoms with E-state index in [1.165, 1.54) is 0 Å². The molecule has 0 fully saturated rings. The zero-order valence-corrected chi connectivity index (χ0v) is 12.0. The molecule has 0 saturated carbocycles.